The van der Waals surface area contributed by atoms with Gasteiger partial charge in [0.1, 0.15) is 16.7 Å². The molecular formula is C31H18N4. The van der Waals surface area contributed by atoms with Crippen LogP contribution in [0.3, 0.4) is 0 Å². The van der Waals surface area contributed by atoms with E-state index >= 15 is 0 Å². The van der Waals surface area contributed by atoms with Crippen molar-refractivity contribution in [3.8, 4) is 22.3 Å². The Labute approximate surface area is 200 Å². The second-order valence-corrected chi connectivity index (χ2v) is 9.69. The monoisotopic (exact) mass is 446 g/mol. The van der Waals surface area contributed by atoms with Crippen LogP contribution in [0.25, 0.3) is 60.9 Å². The van der Waals surface area contributed by atoms with Crippen LogP contribution < -0.4 is 0 Å². The highest BCUT2D eigenvalue weighted by Crippen LogP contribution is 2.47. The summed E-state index contributed by atoms with van der Waals surface area (Å²) in [5, 5.41) is 1.03. The molecule has 7 aromatic rings. The molecule has 4 heterocycles. The van der Waals surface area contributed by atoms with Crippen LogP contribution >= 0.6 is 0 Å². The molecule has 9 rings (SSSR count). The first-order chi connectivity index (χ1) is 17.3. The van der Waals surface area contributed by atoms with E-state index in [2.05, 4.69) is 70.0 Å². The number of hydrogen-bond donors (Lipinski definition) is 0. The Hall–Kier alpha value is -4.57. The number of pyridine rings is 3. The van der Waals surface area contributed by atoms with Crippen LogP contribution in [0, 0.1) is 0 Å². The SMILES string of the molecule is c1ccc2c(c1)Cc1cc3c(cc1-2)-c1c(ccc2nc4c5cccnc5c5ncccc5n4c12)C3. The molecule has 0 N–H and O–H groups in total. The predicted molar refractivity (Wildman–Crippen MR) is 140 cm³/mol. The van der Waals surface area contributed by atoms with Gasteiger partial charge in [-0.1, -0.05) is 36.4 Å². The van der Waals surface area contributed by atoms with Crippen molar-refractivity contribution in [1.82, 2.24) is 19.4 Å². The molecule has 0 bridgehead atoms. The molecule has 4 aromatic heterocycles. The first-order valence-corrected chi connectivity index (χ1v) is 12.0. The number of nitrogens with zero attached hydrogens (tertiary/aromatic N) is 4. The summed E-state index contributed by atoms with van der Waals surface area (Å²) in [6.45, 7) is 0. The minimum atomic E-state index is 0.900. The summed E-state index contributed by atoms with van der Waals surface area (Å²) in [7, 11) is 0. The van der Waals surface area contributed by atoms with Crippen LogP contribution in [0.1, 0.15) is 22.3 Å². The van der Waals surface area contributed by atoms with Crippen molar-refractivity contribution in [2.24, 2.45) is 0 Å². The first kappa shape index (κ1) is 17.8. The zero-order valence-electron chi connectivity index (χ0n) is 18.8. The van der Waals surface area contributed by atoms with Crippen molar-refractivity contribution in [3.63, 3.8) is 0 Å². The third-order valence-electron chi connectivity index (χ3n) is 7.87. The van der Waals surface area contributed by atoms with Crippen molar-refractivity contribution in [2.45, 2.75) is 12.8 Å². The molecule has 0 spiro atoms. The second kappa shape index (κ2) is 6.10. The van der Waals surface area contributed by atoms with Crippen LogP contribution in [-0.2, 0) is 12.8 Å². The Morgan fingerprint density at radius 2 is 1.46 bits per heavy atom. The van der Waals surface area contributed by atoms with E-state index in [9.17, 15) is 0 Å². The van der Waals surface area contributed by atoms with Gasteiger partial charge in [-0.15, -0.1) is 0 Å². The van der Waals surface area contributed by atoms with Crippen molar-refractivity contribution in [3.05, 3.63) is 107 Å². The van der Waals surface area contributed by atoms with E-state index in [0.29, 0.717) is 0 Å². The summed E-state index contributed by atoms with van der Waals surface area (Å²) >= 11 is 0. The van der Waals surface area contributed by atoms with Crippen LogP contribution in [-0.4, -0.2) is 19.4 Å². The topological polar surface area (TPSA) is 43.1 Å². The average Bonchev–Trinajstić information content (AvgIpc) is 3.58. The lowest BCUT2D eigenvalue weighted by atomic mass is 9.97. The van der Waals surface area contributed by atoms with Gasteiger partial charge in [-0.2, -0.15) is 0 Å². The van der Waals surface area contributed by atoms with Gasteiger partial charge >= 0.3 is 0 Å². The second-order valence-electron chi connectivity index (χ2n) is 9.69. The molecule has 0 saturated carbocycles. The Kier molecular flexibility index (Phi) is 3.11. The maximum absolute atomic E-state index is 5.15. The fourth-order valence-electron chi connectivity index (χ4n) is 6.42. The molecule has 4 nitrogen and oxygen atoms in total. The van der Waals surface area contributed by atoms with Gasteiger partial charge in [-0.25, -0.2) is 4.98 Å². The van der Waals surface area contributed by atoms with Gasteiger partial charge in [0.05, 0.1) is 16.6 Å². The molecule has 162 valence electrons. The predicted octanol–water partition coefficient (Wildman–Crippen LogP) is 6.73. The number of aromatic nitrogens is 4. The zero-order valence-corrected chi connectivity index (χ0v) is 18.8. The quantitative estimate of drug-likeness (QED) is 0.243. The molecule has 0 radical (unpaired) electrons. The van der Waals surface area contributed by atoms with E-state index < -0.39 is 0 Å². The number of benzene rings is 3. The van der Waals surface area contributed by atoms with Crippen molar-refractivity contribution < 1.29 is 0 Å². The zero-order chi connectivity index (χ0) is 22.7. The van der Waals surface area contributed by atoms with Gasteiger partial charge < -0.3 is 0 Å². The molecule has 0 atom stereocenters. The number of hydrogen-bond acceptors (Lipinski definition) is 3. The van der Waals surface area contributed by atoms with Gasteiger partial charge in [-0.05, 0) is 88.2 Å². The number of imidazole rings is 1. The summed E-state index contributed by atoms with van der Waals surface area (Å²) in [4.78, 5) is 14.6. The number of fused-ring (bicyclic) bond motifs is 15. The van der Waals surface area contributed by atoms with Crippen molar-refractivity contribution in [1.29, 1.82) is 0 Å². The molecule has 35 heavy (non-hydrogen) atoms. The first-order valence-electron chi connectivity index (χ1n) is 12.0. The fourth-order valence-corrected chi connectivity index (χ4v) is 6.42. The van der Waals surface area contributed by atoms with Crippen LogP contribution in [0.4, 0.5) is 0 Å². The highest BCUT2D eigenvalue weighted by Gasteiger charge is 2.28. The van der Waals surface area contributed by atoms with Crippen molar-refractivity contribution >= 4 is 38.6 Å². The van der Waals surface area contributed by atoms with Crippen LogP contribution in [0.15, 0.2) is 85.2 Å². The van der Waals surface area contributed by atoms with Gasteiger partial charge in [0.25, 0.3) is 0 Å². The lowest BCUT2D eigenvalue weighted by Crippen LogP contribution is -1.95. The smallest absolute Gasteiger partial charge is 0.148 e. The van der Waals surface area contributed by atoms with E-state index in [0.717, 1.165) is 45.9 Å². The van der Waals surface area contributed by atoms with Gasteiger partial charge in [0, 0.05) is 23.3 Å². The molecule has 2 aliphatic rings. The summed E-state index contributed by atoms with van der Waals surface area (Å²) in [6.07, 6.45) is 5.67. The summed E-state index contributed by atoms with van der Waals surface area (Å²) in [5.74, 6) is 0. The van der Waals surface area contributed by atoms with E-state index in [1.807, 2.05) is 24.5 Å². The Morgan fingerprint density at radius 3 is 2.43 bits per heavy atom. The lowest BCUT2D eigenvalue weighted by molar-refractivity contribution is 1.21. The normalized spacial score (nSPS) is 13.5. The van der Waals surface area contributed by atoms with E-state index in [-0.39, 0.29) is 0 Å². The van der Waals surface area contributed by atoms with E-state index in [4.69, 9.17) is 9.97 Å². The van der Waals surface area contributed by atoms with E-state index in [1.54, 1.807) is 0 Å². The molecule has 0 fully saturated rings. The molecule has 0 amide bonds. The maximum Gasteiger partial charge on any atom is 0.148 e. The Bertz CT molecular complexity index is 2070. The fraction of sp³-hybridized carbons (Fsp3) is 0.0645. The van der Waals surface area contributed by atoms with Crippen LogP contribution in [0.2, 0.25) is 0 Å². The molecule has 0 unspecified atom stereocenters. The van der Waals surface area contributed by atoms with Gasteiger partial charge in [0.15, 0.2) is 0 Å². The molecule has 2 aliphatic carbocycles. The largest absolute Gasteiger partial charge is 0.289 e. The minimum absolute atomic E-state index is 0.900. The number of rotatable bonds is 0. The average molecular weight is 447 g/mol. The summed E-state index contributed by atoms with van der Waals surface area (Å²) in [6, 6.07) is 26.4. The highest BCUT2D eigenvalue weighted by atomic mass is 15.0. The van der Waals surface area contributed by atoms with Crippen LogP contribution in [0.5, 0.6) is 0 Å². The molecule has 0 saturated heterocycles. The van der Waals surface area contributed by atoms with E-state index in [1.165, 1.54) is 50.0 Å². The third-order valence-corrected chi connectivity index (χ3v) is 7.87. The van der Waals surface area contributed by atoms with Gasteiger partial charge in [-0.3, -0.25) is 14.4 Å². The summed E-state index contributed by atoms with van der Waals surface area (Å²) < 4.78 is 2.32. The Morgan fingerprint density at radius 1 is 0.629 bits per heavy atom. The molecule has 4 heteroatoms. The Balaban J connectivity index is 1.46. The van der Waals surface area contributed by atoms with Gasteiger partial charge in [0.2, 0.25) is 0 Å². The minimum Gasteiger partial charge on any atom is -0.289 e. The maximum atomic E-state index is 5.15. The highest BCUT2D eigenvalue weighted by molar-refractivity contribution is 6.12. The lowest BCUT2D eigenvalue weighted by Gasteiger charge is -2.10. The summed E-state index contributed by atoms with van der Waals surface area (Å²) in [5.41, 5.74) is 17.0. The van der Waals surface area contributed by atoms with Crippen molar-refractivity contribution in [2.75, 3.05) is 0 Å². The third kappa shape index (κ3) is 2.15. The standard InChI is InChI=1S/C31H18N4/c1-2-6-21-17(5-1)13-19-15-20-14-18-9-10-25-30(27(18)24(20)16-23(19)21)35-26-8-4-12-33-29(26)28-22(31(35)34-25)7-3-11-32-28/h1-12,15-16H,13-14H2. The molecule has 3 aromatic carbocycles. The molecule has 0 aliphatic heterocycles. The molecular weight excluding hydrogens is 428 g/mol.